The molecule has 0 spiro atoms. The Labute approximate surface area is 135 Å². The van der Waals surface area contributed by atoms with E-state index in [1.807, 2.05) is 18.2 Å². The number of anilines is 1. The summed E-state index contributed by atoms with van der Waals surface area (Å²) in [7, 11) is 0. The van der Waals surface area contributed by atoms with Gasteiger partial charge in [0.2, 0.25) is 11.0 Å². The zero-order chi connectivity index (χ0) is 15.5. The first-order valence-corrected chi connectivity index (χ1v) is 7.70. The van der Waals surface area contributed by atoms with Crippen LogP contribution in [-0.2, 0) is 4.79 Å². The van der Waals surface area contributed by atoms with Gasteiger partial charge in [0.15, 0.2) is 5.82 Å². The number of urea groups is 1. The van der Waals surface area contributed by atoms with E-state index in [4.69, 9.17) is 11.6 Å². The van der Waals surface area contributed by atoms with E-state index in [0.29, 0.717) is 34.6 Å². The Morgan fingerprint density at radius 3 is 3.00 bits per heavy atom. The maximum Gasteiger partial charge on any atom is 0.324 e. The highest BCUT2D eigenvalue weighted by atomic mass is 35.5. The fraction of sp³-hybridized carbons (Fsp3) is 0.231. The Kier molecular flexibility index (Phi) is 4.21. The zero-order valence-corrected chi connectivity index (χ0v) is 12.9. The molecule has 7 nitrogen and oxygen atoms in total. The van der Waals surface area contributed by atoms with Gasteiger partial charge in [-0.15, -0.1) is 0 Å². The second kappa shape index (κ2) is 6.29. The van der Waals surface area contributed by atoms with E-state index in [1.54, 1.807) is 6.07 Å². The number of rotatable bonds is 2. The minimum atomic E-state index is -0.364. The van der Waals surface area contributed by atoms with E-state index in [2.05, 4.69) is 20.0 Å². The lowest BCUT2D eigenvalue weighted by Gasteiger charge is -2.26. The molecule has 0 saturated carbocycles. The normalized spacial score (nSPS) is 14.6. The number of carbonyl (C=O) groups excluding carboxylic acids is 2. The van der Waals surface area contributed by atoms with Crippen LogP contribution in [0.25, 0.3) is 11.4 Å². The summed E-state index contributed by atoms with van der Waals surface area (Å²) in [6.45, 7) is 0.961. The lowest BCUT2D eigenvalue weighted by atomic mass is 10.2. The number of amides is 3. The van der Waals surface area contributed by atoms with Crippen LogP contribution in [0.5, 0.6) is 0 Å². The van der Waals surface area contributed by atoms with Crippen LogP contribution in [0, 0.1) is 0 Å². The average Bonchev–Trinajstić information content (AvgIpc) is 2.96. The highest BCUT2D eigenvalue weighted by molar-refractivity contribution is 7.10. The molecule has 1 aromatic carbocycles. The van der Waals surface area contributed by atoms with E-state index in [-0.39, 0.29) is 18.5 Å². The molecule has 0 unspecified atom stereocenters. The van der Waals surface area contributed by atoms with Gasteiger partial charge in [0.05, 0.1) is 5.02 Å². The van der Waals surface area contributed by atoms with E-state index in [9.17, 15) is 9.59 Å². The third-order valence-electron chi connectivity index (χ3n) is 3.08. The lowest BCUT2D eigenvalue weighted by molar-refractivity contribution is -0.123. The van der Waals surface area contributed by atoms with E-state index >= 15 is 0 Å². The Morgan fingerprint density at radius 2 is 2.23 bits per heavy atom. The standard InChI is InChI=1S/C13H12ClN5O2S/c14-9-4-2-1-3-8(9)11-16-12(22-18-11)17-13(21)19-6-5-15-10(20)7-19/h1-4H,5-7H2,(H,15,20)(H,16,17,18,21). The van der Waals surface area contributed by atoms with Gasteiger partial charge in [-0.3, -0.25) is 10.1 Å². The number of hydrogen-bond acceptors (Lipinski definition) is 5. The Bertz CT molecular complexity index is 720. The molecule has 114 valence electrons. The van der Waals surface area contributed by atoms with Gasteiger partial charge in [-0.2, -0.15) is 9.36 Å². The van der Waals surface area contributed by atoms with Gasteiger partial charge in [-0.05, 0) is 12.1 Å². The number of piperazine rings is 1. The first kappa shape index (κ1) is 14.7. The average molecular weight is 338 g/mol. The molecule has 2 N–H and O–H groups in total. The van der Waals surface area contributed by atoms with Crippen molar-refractivity contribution in [2.45, 2.75) is 0 Å². The predicted molar refractivity (Wildman–Crippen MR) is 84.0 cm³/mol. The Balaban J connectivity index is 1.70. The van der Waals surface area contributed by atoms with Crippen molar-refractivity contribution >= 4 is 40.2 Å². The maximum absolute atomic E-state index is 12.1. The SMILES string of the molecule is O=C1CN(C(=O)Nc2nc(-c3ccccc3Cl)ns2)CCN1. The van der Waals surface area contributed by atoms with Gasteiger partial charge in [0.25, 0.3) is 0 Å². The summed E-state index contributed by atoms with van der Waals surface area (Å²) in [6.07, 6.45) is 0. The molecule has 3 amide bonds. The predicted octanol–water partition coefficient (Wildman–Crippen LogP) is 1.82. The van der Waals surface area contributed by atoms with Crippen LogP contribution in [0.3, 0.4) is 0 Å². The van der Waals surface area contributed by atoms with Crippen LogP contribution in [0.1, 0.15) is 0 Å². The van der Waals surface area contributed by atoms with Crippen molar-refractivity contribution in [2.24, 2.45) is 0 Å². The number of hydrogen-bond donors (Lipinski definition) is 2. The van der Waals surface area contributed by atoms with Crippen molar-refractivity contribution in [2.75, 3.05) is 25.0 Å². The molecule has 0 aliphatic carbocycles. The lowest BCUT2D eigenvalue weighted by Crippen LogP contribution is -2.51. The van der Waals surface area contributed by atoms with Gasteiger partial charge in [-0.1, -0.05) is 23.7 Å². The maximum atomic E-state index is 12.1. The summed E-state index contributed by atoms with van der Waals surface area (Å²) < 4.78 is 4.19. The number of carbonyl (C=O) groups is 2. The van der Waals surface area contributed by atoms with Crippen molar-refractivity contribution in [3.05, 3.63) is 29.3 Å². The summed E-state index contributed by atoms with van der Waals surface area (Å²) in [6, 6.07) is 6.86. The molecule has 2 aromatic rings. The fourth-order valence-electron chi connectivity index (χ4n) is 2.01. The quantitative estimate of drug-likeness (QED) is 0.875. The number of nitrogens with one attached hydrogen (secondary N) is 2. The minimum Gasteiger partial charge on any atom is -0.353 e. The first-order chi connectivity index (χ1) is 10.6. The van der Waals surface area contributed by atoms with Gasteiger partial charge in [0.1, 0.15) is 6.54 Å². The molecule has 3 rings (SSSR count). The summed E-state index contributed by atoms with van der Waals surface area (Å²) in [4.78, 5) is 29.0. The Morgan fingerprint density at radius 1 is 1.41 bits per heavy atom. The largest absolute Gasteiger partial charge is 0.353 e. The molecule has 9 heteroatoms. The molecule has 22 heavy (non-hydrogen) atoms. The molecule has 0 atom stereocenters. The topological polar surface area (TPSA) is 87.2 Å². The summed E-state index contributed by atoms with van der Waals surface area (Å²) in [5, 5.41) is 6.23. The molecule has 1 aliphatic heterocycles. The molecule has 1 aliphatic rings. The molecule has 2 heterocycles. The Hall–Kier alpha value is -2.19. The first-order valence-electron chi connectivity index (χ1n) is 6.55. The second-order valence-corrected chi connectivity index (χ2v) is 5.76. The van der Waals surface area contributed by atoms with E-state index < -0.39 is 0 Å². The highest BCUT2D eigenvalue weighted by Gasteiger charge is 2.22. The van der Waals surface area contributed by atoms with Gasteiger partial charge < -0.3 is 10.2 Å². The van der Waals surface area contributed by atoms with E-state index in [0.717, 1.165) is 11.5 Å². The molecule has 1 fully saturated rings. The third kappa shape index (κ3) is 3.18. The number of nitrogens with zero attached hydrogens (tertiary/aromatic N) is 3. The number of halogens is 1. The van der Waals surface area contributed by atoms with Crippen molar-refractivity contribution < 1.29 is 9.59 Å². The molecule has 0 bridgehead atoms. The summed E-state index contributed by atoms with van der Waals surface area (Å²) in [5.74, 6) is 0.290. The van der Waals surface area contributed by atoms with Crippen LogP contribution in [0.15, 0.2) is 24.3 Å². The monoisotopic (exact) mass is 337 g/mol. The van der Waals surface area contributed by atoms with Crippen LogP contribution in [0.4, 0.5) is 9.93 Å². The highest BCUT2D eigenvalue weighted by Crippen LogP contribution is 2.27. The molecular formula is C13H12ClN5O2S. The van der Waals surface area contributed by atoms with E-state index in [1.165, 1.54) is 4.90 Å². The fourth-order valence-corrected chi connectivity index (χ4v) is 2.80. The van der Waals surface area contributed by atoms with Crippen LogP contribution in [0.2, 0.25) is 5.02 Å². The van der Waals surface area contributed by atoms with Gasteiger partial charge >= 0.3 is 6.03 Å². The van der Waals surface area contributed by atoms with Crippen molar-refractivity contribution in [3.63, 3.8) is 0 Å². The molecular weight excluding hydrogens is 326 g/mol. The summed E-state index contributed by atoms with van der Waals surface area (Å²) >= 11 is 7.16. The summed E-state index contributed by atoms with van der Waals surface area (Å²) in [5.41, 5.74) is 0.707. The van der Waals surface area contributed by atoms with Crippen LogP contribution >= 0.6 is 23.1 Å². The minimum absolute atomic E-state index is 0.0437. The molecule has 0 radical (unpaired) electrons. The van der Waals surface area contributed by atoms with Crippen molar-refractivity contribution in [1.82, 2.24) is 19.6 Å². The molecule has 1 saturated heterocycles. The smallest absolute Gasteiger partial charge is 0.324 e. The molecule has 1 aromatic heterocycles. The van der Waals surface area contributed by atoms with Gasteiger partial charge in [-0.25, -0.2) is 4.79 Å². The zero-order valence-electron chi connectivity index (χ0n) is 11.4. The van der Waals surface area contributed by atoms with Crippen LogP contribution < -0.4 is 10.6 Å². The second-order valence-electron chi connectivity index (χ2n) is 4.60. The van der Waals surface area contributed by atoms with Crippen molar-refractivity contribution in [1.29, 1.82) is 0 Å². The van der Waals surface area contributed by atoms with Crippen molar-refractivity contribution in [3.8, 4) is 11.4 Å². The number of aromatic nitrogens is 2. The number of benzene rings is 1. The van der Waals surface area contributed by atoms with Crippen LogP contribution in [-0.4, -0.2) is 45.8 Å². The third-order valence-corrected chi connectivity index (χ3v) is 4.04. The van der Waals surface area contributed by atoms with Gasteiger partial charge in [0, 0.05) is 30.2 Å².